The van der Waals surface area contributed by atoms with E-state index in [0.717, 1.165) is 16.8 Å². The number of nitrogens with two attached hydrogens (primary N) is 1. The van der Waals surface area contributed by atoms with Crippen molar-refractivity contribution in [3.63, 3.8) is 0 Å². The van der Waals surface area contributed by atoms with Crippen LogP contribution >= 0.6 is 0 Å². The molecule has 0 aliphatic carbocycles. The molecule has 0 saturated carbocycles. The lowest BCUT2D eigenvalue weighted by atomic mass is 10.1. The summed E-state index contributed by atoms with van der Waals surface area (Å²) in [6.45, 7) is 3.97. The van der Waals surface area contributed by atoms with Crippen molar-refractivity contribution in [1.82, 2.24) is 9.97 Å². The number of aliphatic imine (C=N–C) groups is 1. The molecule has 0 radical (unpaired) electrons. The normalized spacial score (nSPS) is 11.7. The molecule has 5 nitrogen and oxygen atoms in total. The molecule has 0 amide bonds. The molecule has 0 atom stereocenters. The molecule has 2 aromatic rings. The van der Waals surface area contributed by atoms with E-state index in [4.69, 9.17) is 10.5 Å². The van der Waals surface area contributed by atoms with Gasteiger partial charge in [0.05, 0.1) is 12.8 Å². The second-order valence-corrected chi connectivity index (χ2v) is 4.62. The summed E-state index contributed by atoms with van der Waals surface area (Å²) in [4.78, 5) is 12.5. The minimum absolute atomic E-state index is 0.155. The van der Waals surface area contributed by atoms with Gasteiger partial charge in [0.1, 0.15) is 17.9 Å². The summed E-state index contributed by atoms with van der Waals surface area (Å²) < 4.78 is 5.42. The standard InChI is InChI=1S/C15H18N4O/c1-10(2)19-15(16)11-4-5-12(14(8-11)20-3)13-6-7-17-9-18-13/h4-10H,1-3H3,(H2,16,19). The lowest BCUT2D eigenvalue weighted by Crippen LogP contribution is -2.15. The fraction of sp³-hybridized carbons (Fsp3) is 0.267. The van der Waals surface area contributed by atoms with Gasteiger partial charge in [-0.05, 0) is 32.0 Å². The molecule has 1 heterocycles. The second-order valence-electron chi connectivity index (χ2n) is 4.62. The molecule has 0 spiro atoms. The third-order valence-corrected chi connectivity index (χ3v) is 2.75. The first-order valence-electron chi connectivity index (χ1n) is 6.40. The highest BCUT2D eigenvalue weighted by Crippen LogP contribution is 2.29. The molecule has 2 N–H and O–H groups in total. The smallest absolute Gasteiger partial charge is 0.128 e. The van der Waals surface area contributed by atoms with E-state index >= 15 is 0 Å². The van der Waals surface area contributed by atoms with E-state index in [-0.39, 0.29) is 6.04 Å². The van der Waals surface area contributed by atoms with Crippen LogP contribution in [0, 0.1) is 0 Å². The third kappa shape index (κ3) is 3.12. The van der Waals surface area contributed by atoms with Gasteiger partial charge in [-0.2, -0.15) is 0 Å². The van der Waals surface area contributed by atoms with E-state index in [0.29, 0.717) is 11.6 Å². The topological polar surface area (TPSA) is 73.4 Å². The maximum atomic E-state index is 5.98. The van der Waals surface area contributed by atoms with Crippen LogP contribution in [0.1, 0.15) is 19.4 Å². The number of methoxy groups -OCH3 is 1. The Hall–Kier alpha value is -2.43. The SMILES string of the molecule is COc1cc(C(N)=NC(C)C)ccc1-c1ccncn1. The first-order chi connectivity index (χ1) is 9.61. The molecule has 2 rings (SSSR count). The number of rotatable bonds is 4. The van der Waals surface area contributed by atoms with Crippen LogP contribution in [-0.4, -0.2) is 29.0 Å². The van der Waals surface area contributed by atoms with Crippen molar-refractivity contribution in [2.75, 3.05) is 7.11 Å². The maximum absolute atomic E-state index is 5.98. The lowest BCUT2D eigenvalue weighted by Gasteiger charge is -2.10. The number of hydrogen-bond donors (Lipinski definition) is 1. The first-order valence-corrected chi connectivity index (χ1v) is 6.40. The van der Waals surface area contributed by atoms with Gasteiger partial charge in [-0.15, -0.1) is 0 Å². The van der Waals surface area contributed by atoms with Crippen LogP contribution in [-0.2, 0) is 0 Å². The van der Waals surface area contributed by atoms with E-state index in [1.807, 2.05) is 38.1 Å². The molecular formula is C15H18N4O. The van der Waals surface area contributed by atoms with Gasteiger partial charge in [-0.1, -0.05) is 6.07 Å². The zero-order valence-electron chi connectivity index (χ0n) is 11.9. The Labute approximate surface area is 118 Å². The van der Waals surface area contributed by atoms with Gasteiger partial charge in [0, 0.05) is 23.4 Å². The van der Waals surface area contributed by atoms with Crippen molar-refractivity contribution in [1.29, 1.82) is 0 Å². The van der Waals surface area contributed by atoms with Crippen LogP contribution in [0.15, 0.2) is 41.8 Å². The third-order valence-electron chi connectivity index (χ3n) is 2.75. The molecular weight excluding hydrogens is 252 g/mol. The van der Waals surface area contributed by atoms with Crippen molar-refractivity contribution in [3.8, 4) is 17.0 Å². The lowest BCUT2D eigenvalue weighted by molar-refractivity contribution is 0.416. The highest BCUT2D eigenvalue weighted by molar-refractivity contribution is 5.98. The summed E-state index contributed by atoms with van der Waals surface area (Å²) in [6, 6.07) is 7.71. The Bertz CT molecular complexity index is 609. The average molecular weight is 270 g/mol. The molecule has 0 bridgehead atoms. The van der Waals surface area contributed by atoms with Gasteiger partial charge in [-0.3, -0.25) is 4.99 Å². The predicted molar refractivity (Wildman–Crippen MR) is 79.9 cm³/mol. The van der Waals surface area contributed by atoms with Gasteiger partial charge >= 0.3 is 0 Å². The molecule has 1 aromatic heterocycles. The number of aromatic nitrogens is 2. The Kier molecular flexibility index (Phi) is 4.30. The van der Waals surface area contributed by atoms with E-state index in [1.54, 1.807) is 13.3 Å². The monoisotopic (exact) mass is 270 g/mol. The van der Waals surface area contributed by atoms with E-state index in [2.05, 4.69) is 15.0 Å². The summed E-state index contributed by atoms with van der Waals surface area (Å²) in [5.74, 6) is 1.22. The molecule has 0 aliphatic rings. The summed E-state index contributed by atoms with van der Waals surface area (Å²) in [7, 11) is 1.62. The predicted octanol–water partition coefficient (Wildman–Crippen LogP) is 2.27. The number of benzene rings is 1. The quantitative estimate of drug-likeness (QED) is 0.683. The highest BCUT2D eigenvalue weighted by atomic mass is 16.5. The summed E-state index contributed by atoms with van der Waals surface area (Å²) in [5.41, 5.74) is 8.53. The Morgan fingerprint density at radius 3 is 2.70 bits per heavy atom. The van der Waals surface area contributed by atoms with Crippen molar-refractivity contribution >= 4 is 5.84 Å². The minimum atomic E-state index is 0.155. The average Bonchev–Trinajstić information content (AvgIpc) is 2.46. The zero-order chi connectivity index (χ0) is 14.5. The Morgan fingerprint density at radius 2 is 2.10 bits per heavy atom. The highest BCUT2D eigenvalue weighted by Gasteiger charge is 2.09. The molecule has 104 valence electrons. The number of amidine groups is 1. The fourth-order valence-corrected chi connectivity index (χ4v) is 1.86. The van der Waals surface area contributed by atoms with Crippen LogP contribution in [0.2, 0.25) is 0 Å². The first kappa shape index (κ1) is 14.0. The van der Waals surface area contributed by atoms with Crippen LogP contribution < -0.4 is 10.5 Å². The van der Waals surface area contributed by atoms with E-state index in [9.17, 15) is 0 Å². The van der Waals surface area contributed by atoms with Crippen LogP contribution in [0.3, 0.4) is 0 Å². The van der Waals surface area contributed by atoms with Crippen molar-refractivity contribution in [2.24, 2.45) is 10.7 Å². The molecule has 0 aliphatic heterocycles. The summed E-state index contributed by atoms with van der Waals surface area (Å²) in [6.07, 6.45) is 3.21. The zero-order valence-corrected chi connectivity index (χ0v) is 11.9. The van der Waals surface area contributed by atoms with Gasteiger partial charge in [0.15, 0.2) is 0 Å². The molecule has 5 heteroatoms. The molecule has 0 fully saturated rings. The minimum Gasteiger partial charge on any atom is -0.496 e. The Balaban J connectivity index is 2.44. The Morgan fingerprint density at radius 1 is 1.30 bits per heavy atom. The van der Waals surface area contributed by atoms with Gasteiger partial charge in [-0.25, -0.2) is 9.97 Å². The fourth-order valence-electron chi connectivity index (χ4n) is 1.86. The number of ether oxygens (including phenoxy) is 1. The van der Waals surface area contributed by atoms with Gasteiger partial charge < -0.3 is 10.5 Å². The van der Waals surface area contributed by atoms with E-state index < -0.39 is 0 Å². The van der Waals surface area contributed by atoms with Crippen LogP contribution in [0.4, 0.5) is 0 Å². The van der Waals surface area contributed by atoms with Crippen LogP contribution in [0.5, 0.6) is 5.75 Å². The largest absolute Gasteiger partial charge is 0.496 e. The maximum Gasteiger partial charge on any atom is 0.128 e. The van der Waals surface area contributed by atoms with Crippen molar-refractivity contribution in [3.05, 3.63) is 42.4 Å². The van der Waals surface area contributed by atoms with Crippen molar-refractivity contribution in [2.45, 2.75) is 19.9 Å². The van der Waals surface area contributed by atoms with Gasteiger partial charge in [0.2, 0.25) is 0 Å². The molecule has 0 saturated heterocycles. The second kappa shape index (κ2) is 6.14. The molecule has 20 heavy (non-hydrogen) atoms. The summed E-state index contributed by atoms with van der Waals surface area (Å²) in [5, 5.41) is 0. The van der Waals surface area contributed by atoms with E-state index in [1.165, 1.54) is 6.33 Å². The number of nitrogens with zero attached hydrogens (tertiary/aromatic N) is 3. The van der Waals surface area contributed by atoms with Gasteiger partial charge in [0.25, 0.3) is 0 Å². The van der Waals surface area contributed by atoms with Crippen molar-refractivity contribution < 1.29 is 4.74 Å². The van der Waals surface area contributed by atoms with Crippen LogP contribution in [0.25, 0.3) is 11.3 Å². The molecule has 1 aromatic carbocycles. The molecule has 0 unspecified atom stereocenters. The summed E-state index contributed by atoms with van der Waals surface area (Å²) >= 11 is 0. The number of hydrogen-bond acceptors (Lipinski definition) is 4.